The van der Waals surface area contributed by atoms with Crippen LogP contribution in [0.4, 0.5) is 0 Å². The van der Waals surface area contributed by atoms with Crippen molar-refractivity contribution in [1.29, 1.82) is 0 Å². The van der Waals surface area contributed by atoms with Gasteiger partial charge in [0.25, 0.3) is 5.91 Å². The Kier molecular flexibility index (Phi) is 6.22. The van der Waals surface area contributed by atoms with Crippen LogP contribution in [0.1, 0.15) is 48.0 Å². The first-order chi connectivity index (χ1) is 9.86. The maximum atomic E-state index is 12.1. The number of amides is 1. The average Bonchev–Trinajstić information content (AvgIpc) is 2.91. The molecule has 0 saturated heterocycles. The van der Waals surface area contributed by atoms with E-state index < -0.39 is 23.9 Å². The molecule has 1 amide bonds. The zero-order valence-corrected chi connectivity index (χ0v) is 12.8. The van der Waals surface area contributed by atoms with Gasteiger partial charge >= 0.3 is 11.9 Å². The topological polar surface area (TPSA) is 118 Å². The monoisotopic (exact) mass is 315 g/mol. The second-order valence-corrected chi connectivity index (χ2v) is 5.38. The van der Waals surface area contributed by atoms with Gasteiger partial charge in [-0.3, -0.25) is 9.59 Å². The Balaban J connectivity index is 2.74. The van der Waals surface area contributed by atoms with E-state index in [9.17, 15) is 14.4 Å². The quantitative estimate of drug-likeness (QED) is 0.714. The highest BCUT2D eigenvalue weighted by atomic mass is 32.1. The van der Waals surface area contributed by atoms with Gasteiger partial charge in [-0.15, -0.1) is 5.10 Å². The van der Waals surface area contributed by atoms with Gasteiger partial charge in [0.1, 0.15) is 10.9 Å². The minimum Gasteiger partial charge on any atom is -0.480 e. The van der Waals surface area contributed by atoms with Crippen molar-refractivity contribution in [3.8, 4) is 0 Å². The van der Waals surface area contributed by atoms with Crippen LogP contribution >= 0.6 is 11.5 Å². The SMILES string of the molecule is COC(=O)CCC(NC(=O)c1snnc1C(C)C)C(=O)O. The summed E-state index contributed by atoms with van der Waals surface area (Å²) < 4.78 is 8.16. The zero-order chi connectivity index (χ0) is 16.0. The number of hydrogen-bond acceptors (Lipinski definition) is 7. The summed E-state index contributed by atoms with van der Waals surface area (Å²) in [6, 6.07) is -1.17. The van der Waals surface area contributed by atoms with E-state index in [4.69, 9.17) is 5.11 Å². The lowest BCUT2D eigenvalue weighted by Crippen LogP contribution is -2.41. The summed E-state index contributed by atoms with van der Waals surface area (Å²) in [6.45, 7) is 3.72. The van der Waals surface area contributed by atoms with Crippen molar-refractivity contribution < 1.29 is 24.2 Å². The Morgan fingerprint density at radius 2 is 2.05 bits per heavy atom. The minimum absolute atomic E-state index is 0.00264. The summed E-state index contributed by atoms with van der Waals surface area (Å²) in [4.78, 5) is 34.6. The normalized spacial score (nSPS) is 12.0. The summed E-state index contributed by atoms with van der Waals surface area (Å²) in [6.07, 6.45) is -0.136. The molecule has 0 saturated carbocycles. The van der Waals surface area contributed by atoms with E-state index in [1.807, 2.05) is 13.8 Å². The number of carbonyl (C=O) groups is 3. The smallest absolute Gasteiger partial charge is 0.326 e. The summed E-state index contributed by atoms with van der Waals surface area (Å²) in [5.41, 5.74) is 0.523. The van der Waals surface area contributed by atoms with Crippen molar-refractivity contribution in [2.45, 2.75) is 38.6 Å². The van der Waals surface area contributed by atoms with Crippen molar-refractivity contribution in [2.75, 3.05) is 7.11 Å². The molecule has 0 spiro atoms. The molecule has 1 atom stereocenters. The van der Waals surface area contributed by atoms with Gasteiger partial charge in [-0.05, 0) is 23.9 Å². The van der Waals surface area contributed by atoms with Gasteiger partial charge in [0.05, 0.1) is 12.8 Å². The highest BCUT2D eigenvalue weighted by Gasteiger charge is 2.25. The van der Waals surface area contributed by atoms with Crippen molar-refractivity contribution in [2.24, 2.45) is 0 Å². The van der Waals surface area contributed by atoms with Crippen LogP contribution in [0.2, 0.25) is 0 Å². The lowest BCUT2D eigenvalue weighted by atomic mass is 10.1. The van der Waals surface area contributed by atoms with Gasteiger partial charge in [0.15, 0.2) is 0 Å². The molecule has 0 aliphatic rings. The number of carboxylic acids is 1. The van der Waals surface area contributed by atoms with Crippen LogP contribution in [-0.4, -0.2) is 45.7 Å². The third kappa shape index (κ3) is 4.78. The molecule has 0 radical (unpaired) electrons. The Hall–Kier alpha value is -2.03. The Morgan fingerprint density at radius 1 is 1.38 bits per heavy atom. The van der Waals surface area contributed by atoms with E-state index in [2.05, 4.69) is 19.6 Å². The molecule has 0 bridgehead atoms. The van der Waals surface area contributed by atoms with Crippen molar-refractivity contribution in [1.82, 2.24) is 14.9 Å². The summed E-state index contributed by atoms with van der Waals surface area (Å²) in [5, 5.41) is 15.3. The lowest BCUT2D eigenvalue weighted by Gasteiger charge is -2.13. The van der Waals surface area contributed by atoms with E-state index in [0.717, 1.165) is 11.5 Å². The Labute approximate surface area is 125 Å². The molecule has 21 heavy (non-hydrogen) atoms. The van der Waals surface area contributed by atoms with Crippen LogP contribution in [-0.2, 0) is 14.3 Å². The maximum absolute atomic E-state index is 12.1. The number of aromatic nitrogens is 2. The molecule has 2 N–H and O–H groups in total. The summed E-state index contributed by atoms with van der Waals surface area (Å²) >= 11 is 0.911. The average molecular weight is 315 g/mol. The Bertz CT molecular complexity index is 529. The first kappa shape index (κ1) is 17.0. The molecule has 116 valence electrons. The molecule has 1 aromatic rings. The van der Waals surface area contributed by atoms with Gasteiger partial charge < -0.3 is 15.2 Å². The predicted molar refractivity (Wildman–Crippen MR) is 74.1 cm³/mol. The fraction of sp³-hybridized carbons (Fsp3) is 0.583. The molecule has 1 heterocycles. The molecule has 0 aliphatic heterocycles. The largest absolute Gasteiger partial charge is 0.480 e. The molecule has 0 aromatic carbocycles. The van der Waals surface area contributed by atoms with E-state index >= 15 is 0 Å². The molecule has 1 rings (SSSR count). The van der Waals surface area contributed by atoms with Crippen molar-refractivity contribution in [3.05, 3.63) is 10.6 Å². The third-order valence-corrected chi connectivity index (χ3v) is 3.48. The number of aliphatic carboxylic acids is 1. The number of nitrogens with one attached hydrogen (secondary N) is 1. The second-order valence-electron chi connectivity index (χ2n) is 4.62. The number of hydrogen-bond donors (Lipinski definition) is 2. The fourth-order valence-electron chi connectivity index (χ4n) is 1.58. The second kappa shape index (κ2) is 7.67. The number of ether oxygens (including phenoxy) is 1. The zero-order valence-electron chi connectivity index (χ0n) is 12.0. The first-order valence-corrected chi connectivity index (χ1v) is 7.06. The minimum atomic E-state index is -1.21. The van der Waals surface area contributed by atoms with E-state index in [0.29, 0.717) is 5.69 Å². The standard InChI is InChI=1S/C12H17N3O5S/c1-6(2)9-10(21-15-14-9)11(17)13-7(12(18)19)4-5-8(16)20-3/h6-7H,4-5H2,1-3H3,(H,13,17)(H,18,19). The van der Waals surface area contributed by atoms with Crippen LogP contribution in [0.25, 0.3) is 0 Å². The number of carboxylic acid groups (broad SMARTS) is 1. The van der Waals surface area contributed by atoms with Gasteiger partial charge in [0, 0.05) is 6.42 Å². The van der Waals surface area contributed by atoms with Crippen LogP contribution in [0.15, 0.2) is 0 Å². The van der Waals surface area contributed by atoms with Gasteiger partial charge in [-0.2, -0.15) is 0 Å². The molecular formula is C12H17N3O5S. The number of nitrogens with zero attached hydrogens (tertiary/aromatic N) is 2. The number of esters is 1. The fourth-order valence-corrected chi connectivity index (χ4v) is 2.30. The van der Waals surface area contributed by atoms with Crippen molar-refractivity contribution >= 4 is 29.4 Å². The molecular weight excluding hydrogens is 298 g/mol. The molecule has 1 aromatic heterocycles. The highest BCUT2D eigenvalue weighted by molar-refractivity contribution is 7.08. The van der Waals surface area contributed by atoms with E-state index in [1.165, 1.54) is 7.11 Å². The van der Waals surface area contributed by atoms with E-state index in [1.54, 1.807) is 0 Å². The van der Waals surface area contributed by atoms with Gasteiger partial charge in [-0.1, -0.05) is 18.3 Å². The predicted octanol–water partition coefficient (Wildman–Crippen LogP) is 0.798. The van der Waals surface area contributed by atoms with Gasteiger partial charge in [0.2, 0.25) is 0 Å². The number of methoxy groups -OCH3 is 1. The first-order valence-electron chi connectivity index (χ1n) is 6.29. The maximum Gasteiger partial charge on any atom is 0.326 e. The lowest BCUT2D eigenvalue weighted by molar-refractivity contribution is -0.142. The van der Waals surface area contributed by atoms with Crippen molar-refractivity contribution in [3.63, 3.8) is 0 Å². The molecule has 0 aliphatic carbocycles. The summed E-state index contributed by atoms with van der Waals surface area (Å²) in [7, 11) is 1.22. The third-order valence-electron chi connectivity index (χ3n) is 2.73. The van der Waals surface area contributed by atoms with Crippen LogP contribution in [0.3, 0.4) is 0 Å². The van der Waals surface area contributed by atoms with Crippen LogP contribution in [0.5, 0.6) is 0 Å². The van der Waals surface area contributed by atoms with Gasteiger partial charge in [-0.25, -0.2) is 4.79 Å². The number of carbonyl (C=O) groups excluding carboxylic acids is 2. The summed E-state index contributed by atoms with van der Waals surface area (Å²) in [5.74, 6) is -2.29. The van der Waals surface area contributed by atoms with Crippen LogP contribution < -0.4 is 5.32 Å². The molecule has 8 nitrogen and oxygen atoms in total. The molecule has 0 fully saturated rings. The molecule has 9 heteroatoms. The number of rotatable bonds is 7. The highest BCUT2D eigenvalue weighted by Crippen LogP contribution is 2.19. The van der Waals surface area contributed by atoms with Crippen LogP contribution in [0, 0.1) is 0 Å². The van der Waals surface area contributed by atoms with E-state index in [-0.39, 0.29) is 23.6 Å². The molecule has 1 unspecified atom stereocenters. The Morgan fingerprint density at radius 3 is 2.57 bits per heavy atom.